The van der Waals surface area contributed by atoms with Gasteiger partial charge in [-0.2, -0.15) is 0 Å². The fraction of sp³-hybridized carbons (Fsp3) is 0.179. The topological polar surface area (TPSA) is 54.0 Å². The molecule has 0 N–H and O–H groups in total. The Morgan fingerprint density at radius 2 is 1.32 bits per heavy atom. The van der Waals surface area contributed by atoms with Gasteiger partial charge < -0.3 is 18.9 Å². The average Bonchev–Trinajstić information content (AvgIpc) is 2.82. The van der Waals surface area contributed by atoms with Crippen molar-refractivity contribution in [3.63, 3.8) is 0 Å². The summed E-state index contributed by atoms with van der Waals surface area (Å²) in [6.45, 7) is 11.7. The maximum atomic E-state index is 14.5. The molecule has 0 spiro atoms. The van der Waals surface area contributed by atoms with Crippen molar-refractivity contribution in [3.8, 4) is 34.1 Å². The molecule has 0 aliphatic rings. The third-order valence-corrected chi connectivity index (χ3v) is 4.60. The zero-order chi connectivity index (χ0) is 24.5. The maximum absolute atomic E-state index is 14.5. The van der Waals surface area contributed by atoms with Gasteiger partial charge in [-0.1, -0.05) is 31.4 Å². The van der Waals surface area contributed by atoms with Crippen LogP contribution in [-0.2, 0) is 4.79 Å². The van der Waals surface area contributed by atoms with Gasteiger partial charge in [0.25, 0.3) is 0 Å². The molecule has 176 valence electrons. The third kappa shape index (κ3) is 7.24. The number of halogens is 1. The molecule has 0 bridgehead atoms. The van der Waals surface area contributed by atoms with Crippen LogP contribution >= 0.6 is 0 Å². The Morgan fingerprint density at radius 3 is 1.91 bits per heavy atom. The molecular formula is C28H27FO5. The molecule has 0 saturated carbocycles. The molecule has 0 unspecified atom stereocenters. The van der Waals surface area contributed by atoms with Gasteiger partial charge in [0.1, 0.15) is 37.1 Å². The van der Waals surface area contributed by atoms with Gasteiger partial charge in [0.2, 0.25) is 0 Å². The normalized spacial score (nSPS) is 10.3. The number of hydrogen-bond donors (Lipinski definition) is 0. The Hall–Kier alpha value is -4.06. The highest BCUT2D eigenvalue weighted by molar-refractivity contribution is 5.88. The van der Waals surface area contributed by atoms with Crippen molar-refractivity contribution in [2.75, 3.05) is 19.8 Å². The zero-order valence-electron chi connectivity index (χ0n) is 19.3. The van der Waals surface area contributed by atoms with Crippen LogP contribution in [0.25, 0.3) is 11.1 Å². The molecule has 0 heterocycles. The van der Waals surface area contributed by atoms with Crippen molar-refractivity contribution in [3.05, 3.63) is 96.9 Å². The van der Waals surface area contributed by atoms with Crippen LogP contribution in [0.2, 0.25) is 0 Å². The lowest BCUT2D eigenvalue weighted by Crippen LogP contribution is -2.09. The summed E-state index contributed by atoms with van der Waals surface area (Å²) in [4.78, 5) is 11.6. The lowest BCUT2D eigenvalue weighted by atomic mass is 10.1. The lowest BCUT2D eigenvalue weighted by Gasteiger charge is -2.11. The van der Waals surface area contributed by atoms with Gasteiger partial charge in [0.05, 0.1) is 0 Å². The molecule has 6 heteroatoms. The summed E-state index contributed by atoms with van der Waals surface area (Å²) in [6.07, 6.45) is 0. The smallest absolute Gasteiger partial charge is 0.338 e. The molecule has 3 rings (SSSR count). The summed E-state index contributed by atoms with van der Waals surface area (Å²) in [7, 11) is 0. The number of ether oxygens (including phenoxy) is 4. The molecule has 0 aliphatic carbocycles. The maximum Gasteiger partial charge on any atom is 0.338 e. The highest BCUT2D eigenvalue weighted by atomic mass is 19.1. The van der Waals surface area contributed by atoms with E-state index in [0.29, 0.717) is 29.2 Å². The molecule has 0 atom stereocenters. The average molecular weight is 463 g/mol. The van der Waals surface area contributed by atoms with E-state index in [9.17, 15) is 9.18 Å². The number of hydrogen-bond acceptors (Lipinski definition) is 5. The molecule has 0 aliphatic heterocycles. The lowest BCUT2D eigenvalue weighted by molar-refractivity contribution is -0.130. The Balaban J connectivity index is 1.49. The third-order valence-electron chi connectivity index (χ3n) is 4.60. The summed E-state index contributed by atoms with van der Waals surface area (Å²) >= 11 is 0. The monoisotopic (exact) mass is 462 g/mol. The SMILES string of the molecule is C=C(C)COc1ccc(OCCOc2ccc(-c3ccc(OC(=O)C(=C)C)cc3)cc2F)cc1. The molecule has 0 radical (unpaired) electrons. The van der Waals surface area contributed by atoms with Gasteiger partial charge in [0, 0.05) is 5.57 Å². The second kappa shape index (κ2) is 11.7. The van der Waals surface area contributed by atoms with Crippen molar-refractivity contribution in [1.82, 2.24) is 0 Å². The summed E-state index contributed by atoms with van der Waals surface area (Å²) in [6, 6.07) is 18.8. The van der Waals surface area contributed by atoms with E-state index < -0.39 is 11.8 Å². The Bertz CT molecular complexity index is 1150. The second-order valence-corrected chi connectivity index (χ2v) is 7.75. The molecular weight excluding hydrogens is 435 g/mol. The van der Waals surface area contributed by atoms with E-state index in [2.05, 4.69) is 13.2 Å². The minimum Gasteiger partial charge on any atom is -0.490 e. The fourth-order valence-corrected chi connectivity index (χ4v) is 2.86. The molecule has 3 aromatic rings. The van der Waals surface area contributed by atoms with E-state index in [1.807, 2.05) is 19.1 Å². The predicted molar refractivity (Wildman–Crippen MR) is 130 cm³/mol. The number of carbonyl (C=O) groups excluding carboxylic acids is 1. The largest absolute Gasteiger partial charge is 0.490 e. The number of benzene rings is 3. The van der Waals surface area contributed by atoms with Gasteiger partial charge in [-0.3, -0.25) is 0 Å². The van der Waals surface area contributed by atoms with Crippen molar-refractivity contribution < 1.29 is 28.1 Å². The Morgan fingerprint density at radius 1 is 0.765 bits per heavy atom. The van der Waals surface area contributed by atoms with Crippen molar-refractivity contribution in [2.24, 2.45) is 0 Å². The zero-order valence-corrected chi connectivity index (χ0v) is 19.3. The van der Waals surface area contributed by atoms with E-state index in [1.54, 1.807) is 55.5 Å². The first kappa shape index (κ1) is 24.6. The molecule has 3 aromatic carbocycles. The first-order valence-electron chi connectivity index (χ1n) is 10.7. The molecule has 0 aromatic heterocycles. The van der Waals surface area contributed by atoms with E-state index in [-0.39, 0.29) is 19.0 Å². The standard InChI is InChI=1S/C28H27FO5/c1-19(2)18-33-24-12-10-23(11-13-24)31-15-16-32-27-14-7-22(17-26(27)29)21-5-8-25(9-6-21)34-28(30)20(3)4/h5-14,17H,1,3,15-16,18H2,2,4H3. The number of rotatable bonds is 11. The van der Waals surface area contributed by atoms with Gasteiger partial charge in [-0.25, -0.2) is 9.18 Å². The number of carbonyl (C=O) groups is 1. The minimum absolute atomic E-state index is 0.142. The van der Waals surface area contributed by atoms with Crippen LogP contribution in [0.15, 0.2) is 91.0 Å². The van der Waals surface area contributed by atoms with Crippen LogP contribution in [0.3, 0.4) is 0 Å². The first-order valence-corrected chi connectivity index (χ1v) is 10.7. The summed E-state index contributed by atoms with van der Waals surface area (Å²) < 4.78 is 36.4. The van der Waals surface area contributed by atoms with Crippen LogP contribution in [0.1, 0.15) is 13.8 Å². The molecule has 0 amide bonds. The van der Waals surface area contributed by atoms with Gasteiger partial charge >= 0.3 is 5.97 Å². The molecule has 34 heavy (non-hydrogen) atoms. The number of esters is 1. The molecule has 0 saturated heterocycles. The van der Waals surface area contributed by atoms with E-state index in [0.717, 1.165) is 16.9 Å². The van der Waals surface area contributed by atoms with Gasteiger partial charge in [-0.05, 0) is 79.1 Å². The summed E-state index contributed by atoms with van der Waals surface area (Å²) in [5, 5.41) is 0. The highest BCUT2D eigenvalue weighted by Crippen LogP contribution is 2.27. The minimum atomic E-state index is -0.492. The van der Waals surface area contributed by atoms with Crippen LogP contribution in [0, 0.1) is 5.82 Å². The van der Waals surface area contributed by atoms with Crippen LogP contribution < -0.4 is 18.9 Å². The van der Waals surface area contributed by atoms with E-state index in [4.69, 9.17) is 18.9 Å². The fourth-order valence-electron chi connectivity index (χ4n) is 2.86. The summed E-state index contributed by atoms with van der Waals surface area (Å²) in [5.74, 6) is 0.966. The van der Waals surface area contributed by atoms with Crippen molar-refractivity contribution in [1.29, 1.82) is 0 Å². The van der Waals surface area contributed by atoms with Crippen LogP contribution in [0.5, 0.6) is 23.0 Å². The van der Waals surface area contributed by atoms with Gasteiger partial charge in [-0.15, -0.1) is 0 Å². The van der Waals surface area contributed by atoms with Crippen LogP contribution in [0.4, 0.5) is 4.39 Å². The first-order chi connectivity index (χ1) is 16.3. The van der Waals surface area contributed by atoms with Crippen molar-refractivity contribution >= 4 is 5.97 Å². The van der Waals surface area contributed by atoms with E-state index >= 15 is 0 Å². The van der Waals surface area contributed by atoms with Crippen molar-refractivity contribution in [2.45, 2.75) is 13.8 Å². The Labute approximate surface area is 199 Å². The van der Waals surface area contributed by atoms with Crippen LogP contribution in [-0.4, -0.2) is 25.8 Å². The predicted octanol–water partition coefficient (Wildman–Crippen LogP) is 6.39. The van der Waals surface area contributed by atoms with E-state index in [1.165, 1.54) is 6.07 Å². The quantitative estimate of drug-likeness (QED) is 0.109. The molecule has 5 nitrogen and oxygen atoms in total. The molecule has 0 fully saturated rings. The Kier molecular flexibility index (Phi) is 8.46. The summed E-state index contributed by atoms with van der Waals surface area (Å²) in [5.41, 5.74) is 2.71. The van der Waals surface area contributed by atoms with Gasteiger partial charge in [0.15, 0.2) is 11.6 Å². The highest BCUT2D eigenvalue weighted by Gasteiger charge is 2.09. The second-order valence-electron chi connectivity index (χ2n) is 7.75.